The number of benzene rings is 2. The Balaban J connectivity index is 1.18. The fourth-order valence-corrected chi connectivity index (χ4v) is 5.47. The molecule has 5 heterocycles. The number of hydrogen-bond donors (Lipinski definition) is 3. The van der Waals surface area contributed by atoms with Crippen LogP contribution < -0.4 is 10.1 Å². The maximum absolute atomic E-state index is 14.7. The molecule has 0 atom stereocenters. The summed E-state index contributed by atoms with van der Waals surface area (Å²) in [4.78, 5) is 31.5. The molecule has 7 rings (SSSR count). The molecule has 11 heteroatoms. The van der Waals surface area contributed by atoms with Crippen molar-refractivity contribution in [3.05, 3.63) is 109 Å². The molecular weight excluding hydrogens is 595 g/mol. The first-order valence-corrected chi connectivity index (χ1v) is 15.1. The topological polar surface area (TPSA) is 125 Å². The van der Waals surface area contributed by atoms with E-state index in [0.717, 1.165) is 38.7 Å². The minimum Gasteiger partial charge on any atom is -0.492 e. The molecule has 0 radical (unpaired) electrons. The van der Waals surface area contributed by atoms with E-state index in [2.05, 4.69) is 35.5 Å². The summed E-state index contributed by atoms with van der Waals surface area (Å²) < 4.78 is 20.5. The Labute approximate surface area is 269 Å². The van der Waals surface area contributed by atoms with Gasteiger partial charge in [0.1, 0.15) is 29.5 Å². The molecule has 0 spiro atoms. The number of nitrogens with one attached hydrogen (secondary N) is 3. The molecule has 7 aromatic rings. The monoisotopic (exact) mass is 626 g/mol. The summed E-state index contributed by atoms with van der Waals surface area (Å²) >= 11 is 0. The van der Waals surface area contributed by atoms with Crippen molar-refractivity contribution in [2.24, 2.45) is 0 Å². The lowest BCUT2D eigenvalue weighted by Gasteiger charge is -2.12. The Bertz CT molecular complexity index is 2210. The summed E-state index contributed by atoms with van der Waals surface area (Å²) in [7, 11) is 3.92. The first-order chi connectivity index (χ1) is 22.9. The molecule has 0 bridgehead atoms. The Morgan fingerprint density at radius 3 is 2.60 bits per heavy atom. The van der Waals surface area contributed by atoms with E-state index in [0.29, 0.717) is 47.1 Å². The van der Waals surface area contributed by atoms with Crippen molar-refractivity contribution in [3.63, 3.8) is 0 Å². The largest absolute Gasteiger partial charge is 0.492 e. The first kappa shape index (κ1) is 29.8. The number of fused-ring (bicyclic) bond motifs is 2. The smallest absolute Gasteiger partial charge is 0.228 e. The van der Waals surface area contributed by atoms with Crippen LogP contribution in [-0.4, -0.2) is 68.2 Å². The van der Waals surface area contributed by atoms with Crippen LogP contribution in [0.3, 0.4) is 0 Å². The van der Waals surface area contributed by atoms with Crippen molar-refractivity contribution < 1.29 is 13.9 Å². The number of hydrogen-bond acceptors (Lipinski definition) is 7. The summed E-state index contributed by atoms with van der Waals surface area (Å²) in [6.45, 7) is 1.16. The number of carbonyl (C=O) groups excluding carboxylic acids is 1. The molecular formula is C36H31FN8O2. The van der Waals surface area contributed by atoms with Gasteiger partial charge in [0.05, 0.1) is 24.0 Å². The van der Waals surface area contributed by atoms with Gasteiger partial charge in [-0.25, -0.2) is 14.4 Å². The van der Waals surface area contributed by atoms with Crippen molar-refractivity contribution in [1.29, 1.82) is 0 Å². The summed E-state index contributed by atoms with van der Waals surface area (Å²) in [5, 5.41) is 12.1. The minimum absolute atomic E-state index is 0.126. The molecule has 0 fully saturated rings. The van der Waals surface area contributed by atoms with Crippen LogP contribution in [-0.2, 0) is 11.2 Å². The lowest BCUT2D eigenvalue weighted by atomic mass is 10.0. The predicted molar refractivity (Wildman–Crippen MR) is 180 cm³/mol. The second kappa shape index (κ2) is 12.8. The van der Waals surface area contributed by atoms with Gasteiger partial charge in [-0.1, -0.05) is 30.3 Å². The summed E-state index contributed by atoms with van der Waals surface area (Å²) in [5.74, 6) is -0.0398. The van der Waals surface area contributed by atoms with Crippen molar-refractivity contribution in [3.8, 4) is 39.4 Å². The number of anilines is 1. The second-order valence-electron chi connectivity index (χ2n) is 11.5. The third-order valence-electron chi connectivity index (χ3n) is 7.76. The van der Waals surface area contributed by atoms with E-state index >= 15 is 0 Å². The van der Waals surface area contributed by atoms with E-state index < -0.39 is 0 Å². The van der Waals surface area contributed by atoms with Gasteiger partial charge < -0.3 is 19.9 Å². The Kier molecular flexibility index (Phi) is 8.11. The van der Waals surface area contributed by atoms with Crippen LogP contribution in [0, 0.1) is 5.82 Å². The maximum atomic E-state index is 14.7. The van der Waals surface area contributed by atoms with E-state index in [1.807, 2.05) is 79.7 Å². The van der Waals surface area contributed by atoms with Gasteiger partial charge in [-0.05, 0) is 67.2 Å². The number of amides is 1. The molecule has 3 N–H and O–H groups in total. The number of nitrogens with zero attached hydrogens (tertiary/aromatic N) is 5. The number of pyridine rings is 3. The molecule has 0 aliphatic heterocycles. The SMILES string of the molecule is CN(C)CCOc1cc(F)cc(-c2ccnc3[nH]c(-c4n[nH]c5ncc(-c6cncc(NC(=O)Cc7ccccc7)c6)cc45)cc23)c1. The highest BCUT2D eigenvalue weighted by molar-refractivity contribution is 6.00. The van der Waals surface area contributed by atoms with Crippen LogP contribution >= 0.6 is 0 Å². The molecule has 47 heavy (non-hydrogen) atoms. The molecule has 0 aliphatic carbocycles. The minimum atomic E-state index is -0.380. The normalized spacial score (nSPS) is 11.4. The van der Waals surface area contributed by atoms with Crippen LogP contribution in [0.1, 0.15) is 5.56 Å². The Hall–Kier alpha value is -5.94. The molecule has 0 saturated carbocycles. The lowest BCUT2D eigenvalue weighted by molar-refractivity contribution is -0.115. The van der Waals surface area contributed by atoms with Crippen LogP contribution in [0.25, 0.3) is 55.7 Å². The Morgan fingerprint density at radius 1 is 0.894 bits per heavy atom. The van der Waals surface area contributed by atoms with Crippen LogP contribution in [0.4, 0.5) is 10.1 Å². The fourth-order valence-electron chi connectivity index (χ4n) is 5.47. The summed E-state index contributed by atoms with van der Waals surface area (Å²) in [6.07, 6.45) is 7.05. The standard InChI is InChI=1S/C36H31FN8O2/c1-45(2)10-11-47-28-15-23(13-26(37)17-28)29-8-9-39-35-30(29)18-32(42-35)34-31-16-25(20-40-36(31)44-43-34)24-14-27(21-38-19-24)41-33(46)12-22-6-4-3-5-7-22/h3-9,13-21H,10-12H2,1-2H3,(H,39,42)(H,41,46)(H,40,43,44). The molecule has 0 saturated heterocycles. The second-order valence-corrected chi connectivity index (χ2v) is 11.5. The molecule has 234 valence electrons. The van der Waals surface area contributed by atoms with E-state index in [-0.39, 0.29) is 18.1 Å². The van der Waals surface area contributed by atoms with Crippen LogP contribution in [0.5, 0.6) is 5.75 Å². The molecule has 0 aliphatic rings. The predicted octanol–water partition coefficient (Wildman–Crippen LogP) is 6.49. The number of halogens is 1. The Morgan fingerprint density at radius 2 is 1.74 bits per heavy atom. The third kappa shape index (κ3) is 6.56. The first-order valence-electron chi connectivity index (χ1n) is 15.1. The number of carbonyl (C=O) groups is 1. The van der Waals surface area contributed by atoms with E-state index in [4.69, 9.17) is 4.74 Å². The van der Waals surface area contributed by atoms with Gasteiger partial charge in [-0.15, -0.1) is 0 Å². The van der Waals surface area contributed by atoms with E-state index in [1.165, 1.54) is 12.1 Å². The quantitative estimate of drug-likeness (QED) is 0.159. The summed E-state index contributed by atoms with van der Waals surface area (Å²) in [5.41, 5.74) is 7.25. The van der Waals surface area contributed by atoms with Gasteiger partial charge >= 0.3 is 0 Å². The van der Waals surface area contributed by atoms with Gasteiger partial charge in [0, 0.05) is 53.1 Å². The van der Waals surface area contributed by atoms with Crippen molar-refractivity contribution in [2.45, 2.75) is 6.42 Å². The maximum Gasteiger partial charge on any atom is 0.228 e. The highest BCUT2D eigenvalue weighted by Gasteiger charge is 2.17. The van der Waals surface area contributed by atoms with Gasteiger partial charge in [0.2, 0.25) is 5.91 Å². The fraction of sp³-hybridized carbons (Fsp3) is 0.139. The molecule has 10 nitrogen and oxygen atoms in total. The summed E-state index contributed by atoms with van der Waals surface area (Å²) in [6, 6.07) is 22.0. The number of aromatic amines is 2. The number of rotatable bonds is 10. The highest BCUT2D eigenvalue weighted by Crippen LogP contribution is 2.35. The number of ether oxygens (including phenoxy) is 1. The van der Waals surface area contributed by atoms with Crippen molar-refractivity contribution in [2.75, 3.05) is 32.6 Å². The van der Waals surface area contributed by atoms with E-state index in [9.17, 15) is 9.18 Å². The zero-order chi connectivity index (χ0) is 32.3. The van der Waals surface area contributed by atoms with Crippen LogP contribution in [0.2, 0.25) is 0 Å². The lowest BCUT2D eigenvalue weighted by Crippen LogP contribution is -2.19. The van der Waals surface area contributed by atoms with Crippen molar-refractivity contribution in [1.82, 2.24) is 35.0 Å². The number of aromatic nitrogens is 6. The zero-order valence-electron chi connectivity index (χ0n) is 25.8. The number of H-pyrrole nitrogens is 2. The average molecular weight is 627 g/mol. The molecule has 2 aromatic carbocycles. The highest BCUT2D eigenvalue weighted by atomic mass is 19.1. The molecule has 1 amide bonds. The van der Waals surface area contributed by atoms with Crippen LogP contribution in [0.15, 0.2) is 97.6 Å². The van der Waals surface area contributed by atoms with Gasteiger partial charge in [-0.2, -0.15) is 5.10 Å². The van der Waals surface area contributed by atoms with E-state index in [1.54, 1.807) is 24.8 Å². The average Bonchev–Trinajstić information content (AvgIpc) is 3.69. The zero-order valence-corrected chi connectivity index (χ0v) is 25.8. The number of likely N-dealkylation sites (N-methyl/N-ethyl adjacent to an activating group) is 1. The molecule has 5 aromatic heterocycles. The van der Waals surface area contributed by atoms with Gasteiger partial charge in [0.25, 0.3) is 0 Å². The third-order valence-corrected chi connectivity index (χ3v) is 7.76. The molecule has 0 unspecified atom stereocenters. The van der Waals surface area contributed by atoms with Crippen molar-refractivity contribution >= 4 is 33.7 Å². The van der Waals surface area contributed by atoms with Gasteiger partial charge in [0.15, 0.2) is 5.65 Å². The van der Waals surface area contributed by atoms with Gasteiger partial charge in [-0.3, -0.25) is 14.9 Å².